The number of urea groups is 1. The van der Waals surface area contributed by atoms with Gasteiger partial charge in [0.05, 0.1) is 0 Å². The van der Waals surface area contributed by atoms with Crippen LogP contribution in [0.5, 0.6) is 0 Å². The van der Waals surface area contributed by atoms with Crippen molar-refractivity contribution in [3.05, 3.63) is 35.9 Å². The van der Waals surface area contributed by atoms with Gasteiger partial charge in [-0.15, -0.1) is 0 Å². The van der Waals surface area contributed by atoms with Gasteiger partial charge < -0.3 is 5.32 Å². The highest BCUT2D eigenvalue weighted by Crippen LogP contribution is 2.42. The Balaban J connectivity index is 1.99. The first-order chi connectivity index (χ1) is 9.54. The van der Waals surface area contributed by atoms with E-state index >= 15 is 0 Å². The van der Waals surface area contributed by atoms with E-state index in [1.807, 2.05) is 25.1 Å². The van der Waals surface area contributed by atoms with Crippen molar-refractivity contribution in [3.8, 4) is 0 Å². The summed E-state index contributed by atoms with van der Waals surface area (Å²) in [7, 11) is 2.07. The van der Waals surface area contributed by atoms with Crippen LogP contribution in [0.15, 0.2) is 30.3 Å². The van der Waals surface area contributed by atoms with Gasteiger partial charge in [0, 0.05) is 18.5 Å². The third-order valence-corrected chi connectivity index (χ3v) is 4.69. The minimum Gasteiger partial charge on any atom is -0.323 e. The van der Waals surface area contributed by atoms with Crippen molar-refractivity contribution in [2.75, 3.05) is 13.6 Å². The molecule has 3 atom stereocenters. The van der Waals surface area contributed by atoms with Crippen LogP contribution in [0.25, 0.3) is 0 Å². The number of carbonyl (C=O) groups excluding carboxylic acids is 2. The Labute approximate surface area is 118 Å². The number of nitrogens with one attached hydrogen (secondary N) is 2. The van der Waals surface area contributed by atoms with E-state index in [2.05, 4.69) is 34.7 Å². The molecule has 106 valence electrons. The Morgan fingerprint density at radius 3 is 2.55 bits per heavy atom. The molecule has 0 bridgehead atoms. The smallest absolute Gasteiger partial charge is 0.322 e. The number of imide groups is 1. The molecule has 3 rings (SSSR count). The summed E-state index contributed by atoms with van der Waals surface area (Å²) in [6.45, 7) is 2.82. The molecule has 1 spiro atoms. The van der Waals surface area contributed by atoms with E-state index in [1.165, 1.54) is 5.56 Å². The molecule has 2 N–H and O–H groups in total. The molecule has 20 heavy (non-hydrogen) atoms. The van der Waals surface area contributed by atoms with E-state index in [9.17, 15) is 9.59 Å². The lowest BCUT2D eigenvalue weighted by molar-refractivity contribution is -0.129. The fourth-order valence-electron chi connectivity index (χ4n) is 3.57. The second kappa shape index (κ2) is 4.59. The maximum atomic E-state index is 12.2. The van der Waals surface area contributed by atoms with E-state index < -0.39 is 5.54 Å². The zero-order chi connectivity index (χ0) is 14.3. The van der Waals surface area contributed by atoms with Crippen molar-refractivity contribution >= 4 is 11.9 Å². The molecule has 1 aromatic rings. The molecule has 5 heteroatoms. The maximum absolute atomic E-state index is 12.2. The lowest BCUT2D eigenvalue weighted by Crippen LogP contribution is -2.60. The largest absolute Gasteiger partial charge is 0.323 e. The van der Waals surface area contributed by atoms with Gasteiger partial charge in [0.2, 0.25) is 0 Å². The summed E-state index contributed by atoms with van der Waals surface area (Å²) in [5.74, 6) is -0.181. The van der Waals surface area contributed by atoms with Gasteiger partial charge in [-0.05, 0) is 19.0 Å². The normalized spacial score (nSPS) is 34.1. The number of amides is 3. The molecule has 2 heterocycles. The Bertz CT molecular complexity index is 545. The predicted octanol–water partition coefficient (Wildman–Crippen LogP) is 1.28. The number of benzene rings is 1. The topological polar surface area (TPSA) is 61.4 Å². The van der Waals surface area contributed by atoms with Gasteiger partial charge in [-0.1, -0.05) is 37.3 Å². The molecule has 2 aliphatic heterocycles. The fraction of sp³-hybridized carbons (Fsp3) is 0.467. The second-order valence-corrected chi connectivity index (χ2v) is 5.75. The van der Waals surface area contributed by atoms with Crippen LogP contribution in [0.3, 0.4) is 0 Å². The molecular formula is C15H19N3O2. The van der Waals surface area contributed by atoms with Crippen LogP contribution in [-0.4, -0.2) is 36.0 Å². The predicted molar refractivity (Wildman–Crippen MR) is 75.0 cm³/mol. The third-order valence-electron chi connectivity index (χ3n) is 4.69. The minimum absolute atomic E-state index is 0.00935. The van der Waals surface area contributed by atoms with E-state index in [-0.39, 0.29) is 23.9 Å². The first-order valence-electron chi connectivity index (χ1n) is 6.93. The quantitative estimate of drug-likeness (QED) is 0.758. The Morgan fingerprint density at radius 1 is 1.25 bits per heavy atom. The number of nitrogens with zero attached hydrogens (tertiary/aromatic N) is 1. The van der Waals surface area contributed by atoms with Gasteiger partial charge >= 0.3 is 6.03 Å². The molecule has 0 unspecified atom stereocenters. The minimum atomic E-state index is -0.774. The number of hydrogen-bond acceptors (Lipinski definition) is 3. The van der Waals surface area contributed by atoms with Gasteiger partial charge in [0.25, 0.3) is 5.91 Å². The van der Waals surface area contributed by atoms with Crippen molar-refractivity contribution in [1.82, 2.24) is 15.5 Å². The summed E-state index contributed by atoms with van der Waals surface area (Å²) in [5, 5.41) is 5.25. The first kappa shape index (κ1) is 13.1. The summed E-state index contributed by atoms with van der Waals surface area (Å²) in [6, 6.07) is 9.88. The van der Waals surface area contributed by atoms with Crippen molar-refractivity contribution in [1.29, 1.82) is 0 Å². The summed E-state index contributed by atoms with van der Waals surface area (Å²) in [5.41, 5.74) is 0.403. The fourth-order valence-corrected chi connectivity index (χ4v) is 3.57. The highest BCUT2D eigenvalue weighted by Gasteiger charge is 2.55. The van der Waals surface area contributed by atoms with Crippen molar-refractivity contribution in [2.24, 2.45) is 5.92 Å². The number of carbonyl (C=O) groups is 2. The summed E-state index contributed by atoms with van der Waals surface area (Å²) < 4.78 is 0. The Morgan fingerprint density at radius 2 is 1.95 bits per heavy atom. The van der Waals surface area contributed by atoms with Crippen molar-refractivity contribution in [2.45, 2.75) is 24.9 Å². The molecule has 5 nitrogen and oxygen atoms in total. The number of rotatable bonds is 1. The van der Waals surface area contributed by atoms with Crippen LogP contribution in [0, 0.1) is 5.92 Å². The molecule has 2 aliphatic rings. The van der Waals surface area contributed by atoms with Crippen LogP contribution in [0.2, 0.25) is 0 Å². The zero-order valence-electron chi connectivity index (χ0n) is 11.7. The zero-order valence-corrected chi connectivity index (χ0v) is 11.7. The van der Waals surface area contributed by atoms with E-state index in [0.717, 1.165) is 6.54 Å². The molecule has 2 saturated heterocycles. The van der Waals surface area contributed by atoms with Crippen molar-refractivity contribution in [3.63, 3.8) is 0 Å². The lowest BCUT2D eigenvalue weighted by Gasteiger charge is -2.47. The molecule has 2 fully saturated rings. The van der Waals surface area contributed by atoms with E-state index in [1.54, 1.807) is 0 Å². The van der Waals surface area contributed by atoms with Gasteiger partial charge in [0.15, 0.2) is 0 Å². The SMILES string of the molecule is C[C@H]1[C@@H](c2ccccc2)N(C)CC[C@@]12NC(=O)NC2=O. The highest BCUT2D eigenvalue weighted by molar-refractivity contribution is 6.07. The summed E-state index contributed by atoms with van der Waals surface area (Å²) in [4.78, 5) is 26.0. The van der Waals surface area contributed by atoms with E-state index in [0.29, 0.717) is 6.42 Å². The maximum Gasteiger partial charge on any atom is 0.322 e. The molecule has 3 amide bonds. The number of hydrogen-bond donors (Lipinski definition) is 2. The van der Waals surface area contributed by atoms with Crippen LogP contribution in [0.1, 0.15) is 24.9 Å². The van der Waals surface area contributed by atoms with Crippen molar-refractivity contribution < 1.29 is 9.59 Å². The molecule has 0 radical (unpaired) electrons. The van der Waals surface area contributed by atoms with Crippen LogP contribution in [0.4, 0.5) is 4.79 Å². The van der Waals surface area contributed by atoms with Crippen LogP contribution >= 0.6 is 0 Å². The standard InChI is InChI=1S/C15H19N3O2/c1-10-12(11-6-4-3-5-7-11)18(2)9-8-15(10)13(19)16-14(20)17-15/h3-7,10,12H,8-9H2,1-2H3,(H2,16,17,19,20)/t10-,12-,15+/m0/s1. The van der Waals surface area contributed by atoms with Gasteiger partial charge in [-0.3, -0.25) is 15.0 Å². The molecule has 0 aromatic heterocycles. The number of piperidine rings is 1. The van der Waals surface area contributed by atoms with Crippen LogP contribution in [-0.2, 0) is 4.79 Å². The Hall–Kier alpha value is -1.88. The molecule has 0 saturated carbocycles. The Kier molecular flexibility index (Phi) is 3.01. The second-order valence-electron chi connectivity index (χ2n) is 5.75. The third kappa shape index (κ3) is 1.81. The molecule has 1 aromatic carbocycles. The number of likely N-dealkylation sites (tertiary alicyclic amines) is 1. The summed E-state index contributed by atoms with van der Waals surface area (Å²) >= 11 is 0. The first-order valence-corrected chi connectivity index (χ1v) is 6.93. The van der Waals surface area contributed by atoms with Gasteiger partial charge in [-0.2, -0.15) is 0 Å². The van der Waals surface area contributed by atoms with Crippen LogP contribution < -0.4 is 10.6 Å². The summed E-state index contributed by atoms with van der Waals surface area (Å²) in [6.07, 6.45) is 0.644. The highest BCUT2D eigenvalue weighted by atomic mass is 16.2. The van der Waals surface area contributed by atoms with E-state index in [4.69, 9.17) is 0 Å². The molecular weight excluding hydrogens is 254 g/mol. The average molecular weight is 273 g/mol. The van der Waals surface area contributed by atoms with Gasteiger partial charge in [0.1, 0.15) is 5.54 Å². The average Bonchev–Trinajstić information content (AvgIpc) is 2.72. The monoisotopic (exact) mass is 273 g/mol. The molecule has 0 aliphatic carbocycles. The van der Waals surface area contributed by atoms with Gasteiger partial charge in [-0.25, -0.2) is 4.79 Å². The lowest BCUT2D eigenvalue weighted by atomic mass is 9.72.